The molecule has 2 aromatic rings. The molecule has 1 spiro atoms. The molecule has 5 rings (SSSR count). The van der Waals surface area contributed by atoms with Crippen LogP contribution in [0.5, 0.6) is 0 Å². The van der Waals surface area contributed by atoms with Crippen LogP contribution in [0, 0.1) is 5.92 Å². The molecule has 25 heavy (non-hydrogen) atoms. The third-order valence-corrected chi connectivity index (χ3v) is 6.04. The Bertz CT molecular complexity index is 849. The number of carbonyl (C=O) groups is 2. The Morgan fingerprint density at radius 2 is 1.84 bits per heavy atom. The Labute approximate surface area is 146 Å². The van der Waals surface area contributed by atoms with Crippen molar-refractivity contribution in [2.24, 2.45) is 5.92 Å². The third-order valence-electron chi connectivity index (χ3n) is 6.04. The fourth-order valence-electron chi connectivity index (χ4n) is 5.05. The largest absolute Gasteiger partial charge is 0.368 e. The van der Waals surface area contributed by atoms with E-state index in [1.165, 1.54) is 0 Å². The van der Waals surface area contributed by atoms with Gasteiger partial charge in [-0.3, -0.25) is 9.59 Å². The molecule has 0 unspecified atom stereocenters. The monoisotopic (exact) mass is 333 g/mol. The second-order valence-corrected chi connectivity index (χ2v) is 7.21. The van der Waals surface area contributed by atoms with Crippen molar-refractivity contribution in [3.8, 4) is 0 Å². The van der Waals surface area contributed by atoms with E-state index < -0.39 is 5.60 Å². The van der Waals surface area contributed by atoms with Gasteiger partial charge in [0.1, 0.15) is 11.9 Å². The molecule has 3 saturated heterocycles. The number of benzene rings is 2. The molecule has 0 N–H and O–H groups in total. The molecule has 4 nitrogen and oxygen atoms in total. The van der Waals surface area contributed by atoms with Crippen molar-refractivity contribution >= 4 is 17.9 Å². The smallest absolute Gasteiger partial charge is 0.233 e. The number of hydrogen-bond donors (Lipinski definition) is 0. The van der Waals surface area contributed by atoms with Gasteiger partial charge in [-0.2, -0.15) is 0 Å². The molecule has 4 heteroatoms. The first-order valence-electron chi connectivity index (χ1n) is 8.84. The number of rotatable bonds is 3. The van der Waals surface area contributed by atoms with Gasteiger partial charge < -0.3 is 9.64 Å². The zero-order valence-corrected chi connectivity index (χ0v) is 13.8. The summed E-state index contributed by atoms with van der Waals surface area (Å²) in [4.78, 5) is 26.8. The first-order chi connectivity index (χ1) is 12.2. The number of hydrogen-bond acceptors (Lipinski definition) is 3. The van der Waals surface area contributed by atoms with Gasteiger partial charge in [-0.15, -0.1) is 0 Å². The topological polar surface area (TPSA) is 46.6 Å². The highest BCUT2D eigenvalue weighted by molar-refractivity contribution is 6.01. The maximum absolute atomic E-state index is 13.3. The van der Waals surface area contributed by atoms with Gasteiger partial charge in [0.25, 0.3) is 0 Å². The summed E-state index contributed by atoms with van der Waals surface area (Å²) in [6.45, 7) is 0. The van der Waals surface area contributed by atoms with E-state index in [0.29, 0.717) is 5.56 Å². The van der Waals surface area contributed by atoms with Gasteiger partial charge in [0.2, 0.25) is 5.91 Å². The van der Waals surface area contributed by atoms with E-state index in [4.69, 9.17) is 4.74 Å². The molecule has 3 aliphatic heterocycles. The van der Waals surface area contributed by atoms with Gasteiger partial charge in [-0.25, -0.2) is 0 Å². The Balaban J connectivity index is 1.73. The van der Waals surface area contributed by atoms with Crippen LogP contribution in [0.25, 0.3) is 0 Å². The summed E-state index contributed by atoms with van der Waals surface area (Å²) in [5.74, 6) is 0.00951. The first kappa shape index (κ1) is 14.8. The maximum atomic E-state index is 13.3. The molecule has 0 radical (unpaired) electrons. The molecule has 126 valence electrons. The summed E-state index contributed by atoms with van der Waals surface area (Å²) < 4.78 is 6.39. The second kappa shape index (κ2) is 5.27. The van der Waals surface area contributed by atoms with Crippen molar-refractivity contribution in [2.45, 2.75) is 37.0 Å². The molecule has 0 saturated carbocycles. The molecule has 2 aromatic carbocycles. The van der Waals surface area contributed by atoms with Crippen LogP contribution in [0.2, 0.25) is 0 Å². The number of aldehydes is 1. The number of para-hydroxylation sites is 1. The van der Waals surface area contributed by atoms with Crippen molar-refractivity contribution in [3.63, 3.8) is 0 Å². The van der Waals surface area contributed by atoms with Crippen LogP contribution >= 0.6 is 0 Å². The number of ether oxygens (including phenoxy) is 1. The Hall–Kier alpha value is -2.46. The van der Waals surface area contributed by atoms with Gasteiger partial charge in [-0.1, -0.05) is 42.5 Å². The van der Waals surface area contributed by atoms with Crippen molar-refractivity contribution < 1.29 is 14.3 Å². The zero-order valence-electron chi connectivity index (χ0n) is 13.8. The van der Waals surface area contributed by atoms with Crippen LogP contribution in [0.1, 0.15) is 41.2 Å². The average Bonchev–Trinajstić information content (AvgIpc) is 3.31. The molecule has 3 fully saturated rings. The second-order valence-electron chi connectivity index (χ2n) is 7.21. The molecule has 4 atom stereocenters. The van der Waals surface area contributed by atoms with Crippen molar-refractivity contribution in [1.29, 1.82) is 0 Å². The van der Waals surface area contributed by atoms with Crippen LogP contribution < -0.4 is 4.90 Å². The lowest BCUT2D eigenvalue weighted by molar-refractivity contribution is -0.122. The predicted octanol–water partition coefficient (Wildman–Crippen LogP) is 3.52. The SMILES string of the molecule is O=Cc1ccccc1[C@@H]1N(c2ccccc2)C(=O)[C@H]2C[C@@H]3CC[C@@]21O3. The van der Waals surface area contributed by atoms with Gasteiger partial charge in [-0.05, 0) is 37.0 Å². The Morgan fingerprint density at radius 1 is 1.08 bits per heavy atom. The van der Waals surface area contributed by atoms with E-state index >= 15 is 0 Å². The molecule has 3 heterocycles. The van der Waals surface area contributed by atoms with E-state index in [9.17, 15) is 9.59 Å². The van der Waals surface area contributed by atoms with Crippen LogP contribution in [-0.4, -0.2) is 23.9 Å². The highest BCUT2D eigenvalue weighted by Crippen LogP contribution is 2.61. The Kier molecular flexibility index (Phi) is 3.13. The normalized spacial score (nSPS) is 32.9. The molecular weight excluding hydrogens is 314 g/mol. The fraction of sp³-hybridized carbons (Fsp3) is 0.333. The molecule has 1 amide bonds. The number of anilines is 1. The molecule has 0 aliphatic carbocycles. The van der Waals surface area contributed by atoms with Gasteiger partial charge in [0.15, 0.2) is 0 Å². The lowest BCUT2D eigenvalue weighted by atomic mass is 9.75. The summed E-state index contributed by atoms with van der Waals surface area (Å²) in [6.07, 6.45) is 3.72. The zero-order chi connectivity index (χ0) is 17.0. The quantitative estimate of drug-likeness (QED) is 0.807. The summed E-state index contributed by atoms with van der Waals surface area (Å²) in [5, 5.41) is 0. The van der Waals surface area contributed by atoms with E-state index in [1.807, 2.05) is 59.5 Å². The van der Waals surface area contributed by atoms with Gasteiger partial charge >= 0.3 is 0 Å². The molecule has 2 bridgehead atoms. The number of fused-ring (bicyclic) bond motifs is 1. The highest BCUT2D eigenvalue weighted by Gasteiger charge is 2.68. The van der Waals surface area contributed by atoms with Crippen LogP contribution in [0.4, 0.5) is 5.69 Å². The van der Waals surface area contributed by atoms with Gasteiger partial charge in [0.05, 0.1) is 18.1 Å². The molecular formula is C21H19NO3. The maximum Gasteiger partial charge on any atom is 0.233 e. The molecule has 0 aromatic heterocycles. The minimum absolute atomic E-state index is 0.115. The molecule has 3 aliphatic rings. The fourth-order valence-corrected chi connectivity index (χ4v) is 5.05. The van der Waals surface area contributed by atoms with Crippen LogP contribution in [-0.2, 0) is 9.53 Å². The van der Waals surface area contributed by atoms with Crippen molar-refractivity contribution in [2.75, 3.05) is 4.90 Å². The summed E-state index contributed by atoms with van der Waals surface area (Å²) in [5.41, 5.74) is 1.89. The van der Waals surface area contributed by atoms with E-state index in [2.05, 4.69) is 0 Å². The number of amides is 1. The summed E-state index contributed by atoms with van der Waals surface area (Å²) in [7, 11) is 0. The minimum atomic E-state index is -0.503. The van der Waals surface area contributed by atoms with Crippen LogP contribution in [0.3, 0.4) is 0 Å². The first-order valence-corrected chi connectivity index (χ1v) is 8.84. The lowest BCUT2D eigenvalue weighted by Gasteiger charge is -2.35. The van der Waals surface area contributed by atoms with Crippen LogP contribution in [0.15, 0.2) is 54.6 Å². The third kappa shape index (κ3) is 1.91. The average molecular weight is 333 g/mol. The van der Waals surface area contributed by atoms with Crippen molar-refractivity contribution in [1.82, 2.24) is 0 Å². The standard InChI is InChI=1S/C21H19NO3/c23-13-14-6-4-5-9-17(14)19-21-11-10-16(25-21)12-18(21)20(24)22(19)15-7-2-1-3-8-15/h1-9,13,16,18-19H,10-12H2/t16-,18+,19-,21+/m0/s1. The summed E-state index contributed by atoms with van der Waals surface area (Å²) >= 11 is 0. The minimum Gasteiger partial charge on any atom is -0.368 e. The lowest BCUT2D eigenvalue weighted by Crippen LogP contribution is -2.39. The van der Waals surface area contributed by atoms with E-state index in [-0.39, 0.29) is 24.0 Å². The van der Waals surface area contributed by atoms with E-state index in [0.717, 1.165) is 36.8 Å². The summed E-state index contributed by atoms with van der Waals surface area (Å²) in [6, 6.07) is 17.1. The highest BCUT2D eigenvalue weighted by atomic mass is 16.5. The predicted molar refractivity (Wildman–Crippen MR) is 93.4 cm³/mol. The van der Waals surface area contributed by atoms with E-state index in [1.54, 1.807) is 0 Å². The van der Waals surface area contributed by atoms with Gasteiger partial charge in [0, 0.05) is 11.3 Å². The number of carbonyl (C=O) groups excluding carboxylic acids is 2. The Morgan fingerprint density at radius 3 is 2.60 bits per heavy atom. The number of nitrogens with zero attached hydrogens (tertiary/aromatic N) is 1. The van der Waals surface area contributed by atoms with Crippen molar-refractivity contribution in [3.05, 3.63) is 65.7 Å².